The molecule has 0 aliphatic carbocycles. The smallest absolute Gasteiger partial charge is 0.269 e. The summed E-state index contributed by atoms with van der Waals surface area (Å²) in [4.78, 5) is 15.3. The number of hydrogen-bond acceptors (Lipinski definition) is 3. The van der Waals surface area contributed by atoms with Gasteiger partial charge in [-0.15, -0.1) is 0 Å². The fourth-order valence-corrected chi connectivity index (χ4v) is 1.91. The SMILES string of the molecule is NC(=O)c1n[nH]c2ccc(-c3cccnc3)cc12. The highest BCUT2D eigenvalue weighted by atomic mass is 16.1. The van der Waals surface area contributed by atoms with E-state index in [1.807, 2.05) is 30.3 Å². The lowest BCUT2D eigenvalue weighted by Gasteiger charge is -2.01. The van der Waals surface area contributed by atoms with Crippen LogP contribution in [0.2, 0.25) is 0 Å². The highest BCUT2D eigenvalue weighted by Crippen LogP contribution is 2.24. The monoisotopic (exact) mass is 238 g/mol. The molecule has 1 amide bonds. The molecule has 3 rings (SSSR count). The second-order valence-corrected chi connectivity index (χ2v) is 3.94. The predicted octanol–water partition coefficient (Wildman–Crippen LogP) is 1.72. The summed E-state index contributed by atoms with van der Waals surface area (Å²) in [5.41, 5.74) is 8.28. The molecule has 0 unspecified atom stereocenters. The Hall–Kier alpha value is -2.69. The standard InChI is InChI=1S/C13H10N4O/c14-13(18)12-10-6-8(3-4-11(10)16-17-12)9-2-1-5-15-7-9/h1-7H,(H2,14,18)(H,16,17). The summed E-state index contributed by atoms with van der Waals surface area (Å²) in [6.45, 7) is 0. The number of aromatic amines is 1. The number of aromatic nitrogens is 3. The molecule has 2 aromatic heterocycles. The van der Waals surface area contributed by atoms with Crippen molar-refractivity contribution in [1.29, 1.82) is 0 Å². The van der Waals surface area contributed by atoms with Crippen LogP contribution in [0.1, 0.15) is 10.5 Å². The van der Waals surface area contributed by atoms with Gasteiger partial charge in [-0.1, -0.05) is 12.1 Å². The van der Waals surface area contributed by atoms with E-state index in [1.165, 1.54) is 0 Å². The van der Waals surface area contributed by atoms with Crippen LogP contribution >= 0.6 is 0 Å². The number of nitrogens with two attached hydrogens (primary N) is 1. The van der Waals surface area contributed by atoms with Crippen LogP contribution in [0.25, 0.3) is 22.0 Å². The van der Waals surface area contributed by atoms with Crippen LogP contribution in [0, 0.1) is 0 Å². The van der Waals surface area contributed by atoms with Gasteiger partial charge in [0, 0.05) is 23.3 Å². The topological polar surface area (TPSA) is 84.7 Å². The maximum atomic E-state index is 11.3. The number of carbonyl (C=O) groups is 1. The molecule has 0 fully saturated rings. The molecule has 0 radical (unpaired) electrons. The van der Waals surface area contributed by atoms with Crippen LogP contribution in [0.4, 0.5) is 0 Å². The van der Waals surface area contributed by atoms with Crippen molar-refractivity contribution in [3.63, 3.8) is 0 Å². The van der Waals surface area contributed by atoms with Gasteiger partial charge in [-0.3, -0.25) is 14.9 Å². The molecule has 0 saturated carbocycles. The second-order valence-electron chi connectivity index (χ2n) is 3.94. The van der Waals surface area contributed by atoms with E-state index in [0.717, 1.165) is 22.0 Å². The van der Waals surface area contributed by atoms with Gasteiger partial charge in [0.25, 0.3) is 5.91 Å². The molecule has 18 heavy (non-hydrogen) atoms. The van der Waals surface area contributed by atoms with E-state index in [4.69, 9.17) is 5.73 Å². The molecular weight excluding hydrogens is 228 g/mol. The number of amides is 1. The fourth-order valence-electron chi connectivity index (χ4n) is 1.91. The Labute approximate surface area is 103 Å². The van der Waals surface area contributed by atoms with Crippen LogP contribution in [0.3, 0.4) is 0 Å². The number of nitrogens with zero attached hydrogens (tertiary/aromatic N) is 2. The predicted molar refractivity (Wildman–Crippen MR) is 67.8 cm³/mol. The van der Waals surface area contributed by atoms with Gasteiger partial charge in [0.15, 0.2) is 5.69 Å². The van der Waals surface area contributed by atoms with Crippen molar-refractivity contribution in [3.8, 4) is 11.1 Å². The van der Waals surface area contributed by atoms with Crippen molar-refractivity contribution >= 4 is 16.8 Å². The van der Waals surface area contributed by atoms with Crippen molar-refractivity contribution in [3.05, 3.63) is 48.4 Å². The maximum Gasteiger partial charge on any atom is 0.269 e. The zero-order valence-corrected chi connectivity index (χ0v) is 9.42. The Bertz CT molecular complexity index is 718. The Morgan fingerprint density at radius 2 is 2.11 bits per heavy atom. The normalized spacial score (nSPS) is 10.7. The number of nitrogens with one attached hydrogen (secondary N) is 1. The second kappa shape index (κ2) is 3.96. The van der Waals surface area contributed by atoms with E-state index in [-0.39, 0.29) is 5.69 Å². The molecule has 5 nitrogen and oxygen atoms in total. The molecule has 88 valence electrons. The van der Waals surface area contributed by atoms with Crippen LogP contribution in [0.5, 0.6) is 0 Å². The van der Waals surface area contributed by atoms with Gasteiger partial charge in [-0.25, -0.2) is 0 Å². The van der Waals surface area contributed by atoms with Crippen LogP contribution in [0.15, 0.2) is 42.7 Å². The molecule has 0 aliphatic rings. The average Bonchev–Trinajstić information content (AvgIpc) is 2.82. The summed E-state index contributed by atoms with van der Waals surface area (Å²) >= 11 is 0. The number of H-pyrrole nitrogens is 1. The van der Waals surface area contributed by atoms with E-state index in [9.17, 15) is 4.79 Å². The number of hydrogen-bond donors (Lipinski definition) is 2. The summed E-state index contributed by atoms with van der Waals surface area (Å²) in [5.74, 6) is -0.537. The number of carbonyl (C=O) groups excluding carboxylic acids is 1. The third-order valence-electron chi connectivity index (χ3n) is 2.79. The molecule has 3 aromatic rings. The third-order valence-corrected chi connectivity index (χ3v) is 2.79. The number of rotatable bonds is 2. The summed E-state index contributed by atoms with van der Waals surface area (Å²) in [5, 5.41) is 7.42. The lowest BCUT2D eigenvalue weighted by Crippen LogP contribution is -2.11. The number of pyridine rings is 1. The van der Waals surface area contributed by atoms with Crippen molar-refractivity contribution in [2.45, 2.75) is 0 Å². The Kier molecular flexibility index (Phi) is 2.30. The summed E-state index contributed by atoms with van der Waals surface area (Å²) in [7, 11) is 0. The van der Waals surface area contributed by atoms with Gasteiger partial charge >= 0.3 is 0 Å². The molecule has 0 spiro atoms. The van der Waals surface area contributed by atoms with E-state index < -0.39 is 5.91 Å². The Morgan fingerprint density at radius 1 is 1.22 bits per heavy atom. The molecule has 5 heteroatoms. The van der Waals surface area contributed by atoms with E-state index in [1.54, 1.807) is 12.4 Å². The molecule has 0 bridgehead atoms. The third kappa shape index (κ3) is 1.62. The first-order chi connectivity index (χ1) is 8.75. The molecule has 3 N–H and O–H groups in total. The molecule has 1 aromatic carbocycles. The number of fused-ring (bicyclic) bond motifs is 1. The minimum atomic E-state index is -0.537. The van der Waals surface area contributed by atoms with Gasteiger partial charge in [0.2, 0.25) is 0 Å². The van der Waals surface area contributed by atoms with Crippen molar-refractivity contribution in [2.24, 2.45) is 5.73 Å². The summed E-state index contributed by atoms with van der Waals surface area (Å²) in [6, 6.07) is 9.53. The summed E-state index contributed by atoms with van der Waals surface area (Å²) < 4.78 is 0. The van der Waals surface area contributed by atoms with Gasteiger partial charge in [-0.2, -0.15) is 5.10 Å². The molecule has 0 aliphatic heterocycles. The lowest BCUT2D eigenvalue weighted by atomic mass is 10.0. The quantitative estimate of drug-likeness (QED) is 0.712. The first kappa shape index (κ1) is 10.5. The van der Waals surface area contributed by atoms with Crippen molar-refractivity contribution in [1.82, 2.24) is 15.2 Å². The minimum Gasteiger partial charge on any atom is -0.364 e. The molecule has 2 heterocycles. The minimum absolute atomic E-state index is 0.260. The number of benzene rings is 1. The van der Waals surface area contributed by atoms with Crippen molar-refractivity contribution in [2.75, 3.05) is 0 Å². The average molecular weight is 238 g/mol. The van der Waals surface area contributed by atoms with Gasteiger partial charge < -0.3 is 5.73 Å². The number of primary amides is 1. The fraction of sp³-hybridized carbons (Fsp3) is 0. The van der Waals surface area contributed by atoms with Gasteiger partial charge in [0.05, 0.1) is 5.52 Å². The van der Waals surface area contributed by atoms with E-state index in [2.05, 4.69) is 15.2 Å². The van der Waals surface area contributed by atoms with Gasteiger partial charge in [0.1, 0.15) is 0 Å². The first-order valence-corrected chi connectivity index (χ1v) is 5.44. The van der Waals surface area contributed by atoms with Gasteiger partial charge in [-0.05, 0) is 23.8 Å². The van der Waals surface area contributed by atoms with Crippen molar-refractivity contribution < 1.29 is 4.79 Å². The van der Waals surface area contributed by atoms with Crippen LogP contribution in [-0.4, -0.2) is 21.1 Å². The molecule has 0 atom stereocenters. The molecular formula is C13H10N4O. The summed E-state index contributed by atoms with van der Waals surface area (Å²) in [6.07, 6.45) is 3.49. The highest BCUT2D eigenvalue weighted by Gasteiger charge is 2.11. The maximum absolute atomic E-state index is 11.3. The molecule has 0 saturated heterocycles. The first-order valence-electron chi connectivity index (χ1n) is 5.44. The highest BCUT2D eigenvalue weighted by molar-refractivity contribution is 6.04. The zero-order chi connectivity index (χ0) is 12.5. The largest absolute Gasteiger partial charge is 0.364 e. The van der Waals surface area contributed by atoms with Crippen LogP contribution in [-0.2, 0) is 0 Å². The van der Waals surface area contributed by atoms with E-state index in [0.29, 0.717) is 0 Å². The Balaban J connectivity index is 2.21. The lowest BCUT2D eigenvalue weighted by molar-refractivity contribution is 0.0997. The zero-order valence-electron chi connectivity index (χ0n) is 9.42. The van der Waals surface area contributed by atoms with E-state index >= 15 is 0 Å². The van der Waals surface area contributed by atoms with Crippen LogP contribution < -0.4 is 5.73 Å². The Morgan fingerprint density at radius 3 is 2.83 bits per heavy atom.